The van der Waals surface area contributed by atoms with Crippen molar-refractivity contribution in [3.63, 3.8) is 0 Å². The predicted molar refractivity (Wildman–Crippen MR) is 121 cm³/mol. The molecule has 4 N–H and O–H groups in total. The van der Waals surface area contributed by atoms with Crippen molar-refractivity contribution < 1.29 is 14.3 Å². The minimum atomic E-state index is -0.510. The van der Waals surface area contributed by atoms with Gasteiger partial charge in [0.1, 0.15) is 12.1 Å². The summed E-state index contributed by atoms with van der Waals surface area (Å²) in [5, 5.41) is 11.6. The summed E-state index contributed by atoms with van der Waals surface area (Å²) in [4.78, 5) is 31.6. The fraction of sp³-hybridized carbons (Fsp3) is 0.556. The summed E-state index contributed by atoms with van der Waals surface area (Å²) >= 11 is 0. The van der Waals surface area contributed by atoms with Crippen LogP contribution >= 0.6 is 24.0 Å². The third-order valence-electron chi connectivity index (χ3n) is 2.98. The molecule has 1 aromatic rings. The third kappa shape index (κ3) is 13.1. The summed E-state index contributed by atoms with van der Waals surface area (Å²) in [6, 6.07) is 3.51. The molecule has 0 saturated carbocycles. The third-order valence-corrected chi connectivity index (χ3v) is 2.98. The maximum Gasteiger partial charge on any atom is 0.407 e. The first-order valence-corrected chi connectivity index (χ1v) is 8.99. The molecular weight excluding hydrogens is 475 g/mol. The molecule has 0 radical (unpaired) electrons. The van der Waals surface area contributed by atoms with Crippen molar-refractivity contribution in [2.75, 3.05) is 31.5 Å². The van der Waals surface area contributed by atoms with Crippen LogP contribution in [0.15, 0.2) is 29.5 Å². The number of pyridine rings is 1. The number of halogens is 1. The number of rotatable bonds is 8. The number of carbonyl (C=O) groups is 2. The number of ether oxygens (including phenoxy) is 1. The van der Waals surface area contributed by atoms with Gasteiger partial charge in [-0.1, -0.05) is 0 Å². The van der Waals surface area contributed by atoms with Crippen LogP contribution in [0.2, 0.25) is 0 Å². The van der Waals surface area contributed by atoms with Crippen LogP contribution in [0.4, 0.5) is 10.5 Å². The van der Waals surface area contributed by atoms with Gasteiger partial charge in [0.05, 0.1) is 11.9 Å². The number of nitrogens with one attached hydrogen (secondary N) is 4. The Morgan fingerprint density at radius 3 is 2.50 bits per heavy atom. The Balaban J connectivity index is 0.00000729. The standard InChI is InChI=1S/C18H30N6O3.HI/c1-5-20-16(21-10-7-11-22-17(26)27-18(2,3)4)23-13-15(25)24-14-8-6-9-19-12-14;/h6,8-9,12H,5,7,10-11,13H2,1-4H3,(H,22,26)(H,24,25)(H2,20,21,23);1H. The number of anilines is 1. The van der Waals surface area contributed by atoms with Gasteiger partial charge in [0, 0.05) is 25.8 Å². The number of hydrogen-bond acceptors (Lipinski definition) is 5. The highest BCUT2D eigenvalue weighted by molar-refractivity contribution is 14.0. The minimum absolute atomic E-state index is 0. The first kappa shape index (κ1) is 25.9. The SMILES string of the molecule is CCNC(=NCC(=O)Nc1cccnc1)NCCCNC(=O)OC(C)(C)C.I. The van der Waals surface area contributed by atoms with E-state index < -0.39 is 11.7 Å². The summed E-state index contributed by atoms with van der Waals surface area (Å²) in [5.41, 5.74) is 0.118. The summed E-state index contributed by atoms with van der Waals surface area (Å²) in [6.45, 7) is 9.12. The minimum Gasteiger partial charge on any atom is -0.444 e. The van der Waals surface area contributed by atoms with Crippen molar-refractivity contribution in [1.82, 2.24) is 20.9 Å². The molecule has 0 aliphatic heterocycles. The Morgan fingerprint density at radius 1 is 1.18 bits per heavy atom. The molecule has 1 rings (SSSR count). The summed E-state index contributed by atoms with van der Waals surface area (Å²) in [5.74, 6) is 0.308. The van der Waals surface area contributed by atoms with Gasteiger partial charge in [-0.25, -0.2) is 9.79 Å². The highest BCUT2D eigenvalue weighted by atomic mass is 127. The first-order valence-electron chi connectivity index (χ1n) is 8.99. The van der Waals surface area contributed by atoms with Crippen molar-refractivity contribution in [2.45, 2.75) is 39.7 Å². The van der Waals surface area contributed by atoms with E-state index in [-0.39, 0.29) is 36.4 Å². The number of aromatic nitrogens is 1. The van der Waals surface area contributed by atoms with Crippen LogP contribution in [0.3, 0.4) is 0 Å². The second kappa shape index (κ2) is 14.0. The Labute approximate surface area is 183 Å². The van der Waals surface area contributed by atoms with Gasteiger partial charge in [-0.3, -0.25) is 9.78 Å². The molecule has 9 nitrogen and oxygen atoms in total. The fourth-order valence-corrected chi connectivity index (χ4v) is 1.93. The molecule has 0 saturated heterocycles. The summed E-state index contributed by atoms with van der Waals surface area (Å²) < 4.78 is 5.16. The van der Waals surface area contributed by atoms with Crippen LogP contribution in [0.25, 0.3) is 0 Å². The van der Waals surface area contributed by atoms with Gasteiger partial charge in [-0.15, -0.1) is 24.0 Å². The molecule has 0 bridgehead atoms. The molecule has 158 valence electrons. The number of carbonyl (C=O) groups excluding carboxylic acids is 2. The lowest BCUT2D eigenvalue weighted by atomic mass is 10.2. The van der Waals surface area contributed by atoms with E-state index in [0.29, 0.717) is 37.7 Å². The van der Waals surface area contributed by atoms with Crippen LogP contribution < -0.4 is 21.3 Å². The van der Waals surface area contributed by atoms with Crippen LogP contribution in [0.1, 0.15) is 34.1 Å². The Hall–Kier alpha value is -2.11. The topological polar surface area (TPSA) is 117 Å². The number of hydrogen-bond donors (Lipinski definition) is 4. The van der Waals surface area contributed by atoms with Crippen molar-refractivity contribution in [3.05, 3.63) is 24.5 Å². The Morgan fingerprint density at radius 2 is 1.89 bits per heavy atom. The molecule has 0 aromatic carbocycles. The summed E-state index contributed by atoms with van der Waals surface area (Å²) in [6.07, 6.45) is 3.46. The van der Waals surface area contributed by atoms with E-state index >= 15 is 0 Å². The Kier molecular flexibility index (Phi) is 12.9. The van der Waals surface area contributed by atoms with Crippen molar-refractivity contribution in [3.8, 4) is 0 Å². The normalized spacial score (nSPS) is 11.1. The maximum atomic E-state index is 11.9. The van der Waals surface area contributed by atoms with E-state index in [2.05, 4.69) is 31.2 Å². The van der Waals surface area contributed by atoms with Gasteiger partial charge in [0.2, 0.25) is 5.91 Å². The molecule has 0 fully saturated rings. The number of alkyl carbamates (subject to hydrolysis) is 1. The van der Waals surface area contributed by atoms with E-state index in [1.54, 1.807) is 24.5 Å². The monoisotopic (exact) mass is 506 g/mol. The van der Waals surface area contributed by atoms with Crippen molar-refractivity contribution in [1.29, 1.82) is 0 Å². The average molecular weight is 506 g/mol. The van der Waals surface area contributed by atoms with Crippen LogP contribution in [0, 0.1) is 0 Å². The van der Waals surface area contributed by atoms with Crippen LogP contribution in [0.5, 0.6) is 0 Å². The lowest BCUT2D eigenvalue weighted by Gasteiger charge is -2.19. The number of aliphatic imine (C=N–C) groups is 1. The molecule has 0 atom stereocenters. The van der Waals surface area contributed by atoms with Gasteiger partial charge < -0.3 is 26.0 Å². The van der Waals surface area contributed by atoms with Crippen molar-refractivity contribution in [2.24, 2.45) is 4.99 Å². The van der Waals surface area contributed by atoms with Crippen LogP contribution in [-0.4, -0.2) is 54.7 Å². The van der Waals surface area contributed by atoms with E-state index in [1.165, 1.54) is 0 Å². The molecule has 0 unspecified atom stereocenters. The lowest BCUT2D eigenvalue weighted by molar-refractivity contribution is -0.114. The highest BCUT2D eigenvalue weighted by Crippen LogP contribution is 2.06. The predicted octanol–water partition coefficient (Wildman–Crippen LogP) is 2.11. The zero-order valence-corrected chi connectivity index (χ0v) is 19.2. The fourth-order valence-electron chi connectivity index (χ4n) is 1.93. The molecule has 28 heavy (non-hydrogen) atoms. The second-order valence-corrected chi connectivity index (χ2v) is 6.69. The van der Waals surface area contributed by atoms with Gasteiger partial charge in [-0.05, 0) is 46.2 Å². The van der Waals surface area contributed by atoms with Gasteiger partial charge in [-0.2, -0.15) is 0 Å². The highest BCUT2D eigenvalue weighted by Gasteiger charge is 2.15. The number of guanidine groups is 1. The van der Waals surface area contributed by atoms with E-state index in [1.807, 2.05) is 27.7 Å². The molecule has 2 amide bonds. The summed E-state index contributed by atoms with van der Waals surface area (Å²) in [7, 11) is 0. The van der Waals surface area contributed by atoms with Crippen molar-refractivity contribution >= 4 is 47.6 Å². The van der Waals surface area contributed by atoms with E-state index in [9.17, 15) is 9.59 Å². The van der Waals surface area contributed by atoms with Crippen LogP contribution in [-0.2, 0) is 9.53 Å². The second-order valence-electron chi connectivity index (χ2n) is 6.69. The molecule has 1 heterocycles. The number of amides is 2. The lowest BCUT2D eigenvalue weighted by Crippen LogP contribution is -2.39. The molecule has 0 aliphatic rings. The van der Waals surface area contributed by atoms with Gasteiger partial charge >= 0.3 is 6.09 Å². The quantitative estimate of drug-likeness (QED) is 0.186. The zero-order valence-electron chi connectivity index (χ0n) is 16.9. The molecule has 1 aromatic heterocycles. The first-order chi connectivity index (χ1) is 12.8. The average Bonchev–Trinajstić information content (AvgIpc) is 2.58. The van der Waals surface area contributed by atoms with Gasteiger partial charge in [0.15, 0.2) is 5.96 Å². The van der Waals surface area contributed by atoms with Gasteiger partial charge in [0.25, 0.3) is 0 Å². The van der Waals surface area contributed by atoms with E-state index in [4.69, 9.17) is 4.74 Å². The maximum absolute atomic E-state index is 11.9. The largest absolute Gasteiger partial charge is 0.444 e. The molecular formula is C18H31IN6O3. The van der Waals surface area contributed by atoms with E-state index in [0.717, 1.165) is 0 Å². The number of nitrogens with zero attached hydrogens (tertiary/aromatic N) is 2. The molecule has 10 heteroatoms. The Bertz CT molecular complexity index is 619. The smallest absolute Gasteiger partial charge is 0.407 e. The molecule has 0 aliphatic carbocycles. The zero-order chi connectivity index (χ0) is 20.1. The molecule has 0 spiro atoms.